The van der Waals surface area contributed by atoms with Crippen LogP contribution in [0.2, 0.25) is 0 Å². The van der Waals surface area contributed by atoms with Gasteiger partial charge in [0.2, 0.25) is 0 Å². The van der Waals surface area contributed by atoms with Crippen LogP contribution in [0.5, 0.6) is 11.5 Å². The lowest BCUT2D eigenvalue weighted by molar-refractivity contribution is 0.294. The van der Waals surface area contributed by atoms with E-state index in [9.17, 15) is 0 Å². The maximum atomic E-state index is 8.83. The first-order chi connectivity index (χ1) is 7.22. The first-order valence-corrected chi connectivity index (χ1v) is 5.42. The number of hydrogen-bond acceptors (Lipinski definition) is 3. The van der Waals surface area contributed by atoms with Gasteiger partial charge in [0.1, 0.15) is 6.07 Å². The van der Waals surface area contributed by atoms with Crippen molar-refractivity contribution < 1.29 is 9.47 Å². The van der Waals surface area contributed by atoms with Crippen LogP contribution in [0, 0.1) is 11.3 Å². The molecular weight excluding hydrogens is 258 g/mol. The zero-order valence-corrected chi connectivity index (χ0v) is 10.3. The van der Waals surface area contributed by atoms with Crippen LogP contribution in [-0.2, 0) is 0 Å². The summed E-state index contributed by atoms with van der Waals surface area (Å²) in [4.78, 5) is 0. The zero-order valence-electron chi connectivity index (χ0n) is 8.71. The van der Waals surface area contributed by atoms with Crippen LogP contribution >= 0.6 is 15.9 Å². The molecule has 0 aliphatic rings. The summed E-state index contributed by atoms with van der Waals surface area (Å²) in [6.45, 7) is 2.67. The largest absolute Gasteiger partial charge is 0.493 e. The molecule has 0 radical (unpaired) electrons. The molecule has 0 unspecified atom stereocenters. The summed E-state index contributed by atoms with van der Waals surface area (Å²) >= 11 is 3.30. The Morgan fingerprint density at radius 1 is 1.40 bits per heavy atom. The standard InChI is InChI=1S/C11H12BrNO2/c1-3-4-15-11-6-9(12)8(7-13)5-10(11)14-2/h5-6H,3-4H2,1-2H3. The van der Waals surface area contributed by atoms with Gasteiger partial charge in [-0.2, -0.15) is 5.26 Å². The molecule has 0 N–H and O–H groups in total. The van der Waals surface area contributed by atoms with E-state index < -0.39 is 0 Å². The summed E-state index contributed by atoms with van der Waals surface area (Å²) in [6, 6.07) is 5.49. The van der Waals surface area contributed by atoms with Gasteiger partial charge < -0.3 is 9.47 Å². The van der Waals surface area contributed by atoms with E-state index in [1.54, 1.807) is 19.2 Å². The van der Waals surface area contributed by atoms with Crippen molar-refractivity contribution in [3.8, 4) is 17.6 Å². The van der Waals surface area contributed by atoms with Crippen LogP contribution < -0.4 is 9.47 Å². The minimum Gasteiger partial charge on any atom is -0.493 e. The third kappa shape index (κ3) is 2.87. The Balaban J connectivity index is 3.05. The Morgan fingerprint density at radius 2 is 2.13 bits per heavy atom. The van der Waals surface area contributed by atoms with Gasteiger partial charge in [-0.05, 0) is 28.4 Å². The average molecular weight is 270 g/mol. The number of halogens is 1. The monoisotopic (exact) mass is 269 g/mol. The summed E-state index contributed by atoms with van der Waals surface area (Å²) in [7, 11) is 1.56. The Kier molecular flexibility index (Phi) is 4.44. The maximum absolute atomic E-state index is 8.83. The van der Waals surface area contributed by atoms with Gasteiger partial charge in [-0.15, -0.1) is 0 Å². The molecule has 0 spiro atoms. The fraction of sp³-hybridized carbons (Fsp3) is 0.364. The fourth-order valence-corrected chi connectivity index (χ4v) is 1.52. The lowest BCUT2D eigenvalue weighted by atomic mass is 10.2. The number of ether oxygens (including phenoxy) is 2. The van der Waals surface area contributed by atoms with E-state index >= 15 is 0 Å². The van der Waals surface area contributed by atoms with Crippen molar-refractivity contribution in [3.05, 3.63) is 22.2 Å². The Labute approximate surface area is 97.7 Å². The molecule has 0 aromatic heterocycles. The number of rotatable bonds is 4. The minimum atomic E-state index is 0.538. The van der Waals surface area contributed by atoms with Gasteiger partial charge in [0, 0.05) is 10.5 Å². The van der Waals surface area contributed by atoms with E-state index in [4.69, 9.17) is 14.7 Å². The molecule has 0 fully saturated rings. The van der Waals surface area contributed by atoms with Gasteiger partial charge in [0.05, 0.1) is 19.3 Å². The average Bonchev–Trinajstić information content (AvgIpc) is 2.26. The highest BCUT2D eigenvalue weighted by Crippen LogP contribution is 2.33. The lowest BCUT2D eigenvalue weighted by Crippen LogP contribution is -1.98. The number of nitrogens with zero attached hydrogens (tertiary/aromatic N) is 1. The van der Waals surface area contributed by atoms with Gasteiger partial charge in [0.25, 0.3) is 0 Å². The van der Waals surface area contributed by atoms with Crippen molar-refractivity contribution in [3.63, 3.8) is 0 Å². The second-order valence-corrected chi connectivity index (χ2v) is 3.80. The zero-order chi connectivity index (χ0) is 11.3. The Morgan fingerprint density at radius 3 is 2.67 bits per heavy atom. The molecule has 0 amide bonds. The molecule has 0 saturated heterocycles. The number of nitriles is 1. The molecular formula is C11H12BrNO2. The van der Waals surface area contributed by atoms with E-state index in [2.05, 4.69) is 22.0 Å². The molecule has 1 rings (SSSR count). The fourth-order valence-electron chi connectivity index (χ4n) is 1.11. The van der Waals surface area contributed by atoms with Crippen LogP contribution in [0.25, 0.3) is 0 Å². The lowest BCUT2D eigenvalue weighted by Gasteiger charge is -2.10. The SMILES string of the molecule is CCCOc1cc(Br)c(C#N)cc1OC. The number of methoxy groups -OCH3 is 1. The van der Waals surface area contributed by atoms with E-state index in [0.29, 0.717) is 23.7 Å². The molecule has 3 nitrogen and oxygen atoms in total. The predicted octanol–water partition coefficient (Wildman–Crippen LogP) is 3.12. The second-order valence-electron chi connectivity index (χ2n) is 2.94. The van der Waals surface area contributed by atoms with Crippen molar-refractivity contribution in [2.75, 3.05) is 13.7 Å². The third-order valence-electron chi connectivity index (χ3n) is 1.84. The topological polar surface area (TPSA) is 42.2 Å². The molecule has 0 heterocycles. The molecule has 0 aliphatic heterocycles. The summed E-state index contributed by atoms with van der Waals surface area (Å²) < 4.78 is 11.4. The molecule has 80 valence electrons. The van der Waals surface area contributed by atoms with Crippen molar-refractivity contribution >= 4 is 15.9 Å². The molecule has 4 heteroatoms. The van der Waals surface area contributed by atoms with Gasteiger partial charge >= 0.3 is 0 Å². The Hall–Kier alpha value is -1.21. The molecule has 15 heavy (non-hydrogen) atoms. The normalized spacial score (nSPS) is 9.47. The second kappa shape index (κ2) is 5.62. The first kappa shape index (κ1) is 11.9. The van der Waals surface area contributed by atoms with Crippen LogP contribution in [-0.4, -0.2) is 13.7 Å². The van der Waals surface area contributed by atoms with Crippen LogP contribution in [0.3, 0.4) is 0 Å². The number of benzene rings is 1. The summed E-state index contributed by atoms with van der Waals surface area (Å²) in [6.07, 6.45) is 0.931. The van der Waals surface area contributed by atoms with Gasteiger partial charge in [-0.1, -0.05) is 6.92 Å². The van der Waals surface area contributed by atoms with Gasteiger partial charge in [-0.3, -0.25) is 0 Å². The maximum Gasteiger partial charge on any atom is 0.162 e. The summed E-state index contributed by atoms with van der Waals surface area (Å²) in [5.74, 6) is 1.24. The predicted molar refractivity (Wildman–Crippen MR) is 61.2 cm³/mol. The minimum absolute atomic E-state index is 0.538. The van der Waals surface area contributed by atoms with Gasteiger partial charge in [-0.25, -0.2) is 0 Å². The highest BCUT2D eigenvalue weighted by molar-refractivity contribution is 9.10. The van der Waals surface area contributed by atoms with E-state index in [1.165, 1.54) is 0 Å². The molecule has 1 aromatic carbocycles. The van der Waals surface area contributed by atoms with Gasteiger partial charge in [0.15, 0.2) is 11.5 Å². The van der Waals surface area contributed by atoms with E-state index in [1.807, 2.05) is 6.92 Å². The Bertz CT molecular complexity index is 385. The number of hydrogen-bond donors (Lipinski definition) is 0. The molecule has 0 atom stereocenters. The molecule has 0 bridgehead atoms. The van der Waals surface area contributed by atoms with Crippen molar-refractivity contribution in [1.82, 2.24) is 0 Å². The van der Waals surface area contributed by atoms with E-state index in [-0.39, 0.29) is 0 Å². The quantitative estimate of drug-likeness (QED) is 0.844. The van der Waals surface area contributed by atoms with Crippen LogP contribution in [0.15, 0.2) is 16.6 Å². The van der Waals surface area contributed by atoms with Crippen LogP contribution in [0.4, 0.5) is 0 Å². The van der Waals surface area contributed by atoms with Crippen molar-refractivity contribution in [2.24, 2.45) is 0 Å². The molecule has 0 saturated carbocycles. The van der Waals surface area contributed by atoms with Crippen molar-refractivity contribution in [1.29, 1.82) is 5.26 Å². The summed E-state index contributed by atoms with van der Waals surface area (Å²) in [5.41, 5.74) is 0.538. The smallest absolute Gasteiger partial charge is 0.162 e. The van der Waals surface area contributed by atoms with Crippen LogP contribution in [0.1, 0.15) is 18.9 Å². The third-order valence-corrected chi connectivity index (χ3v) is 2.49. The molecule has 1 aromatic rings. The highest BCUT2D eigenvalue weighted by Gasteiger charge is 2.09. The first-order valence-electron chi connectivity index (χ1n) is 4.63. The molecule has 0 aliphatic carbocycles. The van der Waals surface area contributed by atoms with E-state index in [0.717, 1.165) is 10.9 Å². The highest BCUT2D eigenvalue weighted by atomic mass is 79.9. The van der Waals surface area contributed by atoms with Crippen molar-refractivity contribution in [2.45, 2.75) is 13.3 Å². The summed E-state index contributed by atoms with van der Waals surface area (Å²) in [5, 5.41) is 8.83.